The van der Waals surface area contributed by atoms with E-state index in [4.69, 9.17) is 0 Å². The molecule has 0 bridgehead atoms. The number of halogens is 1. The minimum atomic E-state index is -0.193. The average Bonchev–Trinajstić information content (AvgIpc) is 2.26. The van der Waals surface area contributed by atoms with Gasteiger partial charge in [0.1, 0.15) is 4.38 Å². The number of rotatable bonds is 1. The molecule has 0 unspecified atom stereocenters. The Morgan fingerprint density at radius 2 is 1.73 bits per heavy atom. The van der Waals surface area contributed by atoms with Gasteiger partial charge in [0.05, 0.1) is 0 Å². The standard InChI is InChI=1S/C10H10BrNOS2/c1-14-10(15-2)12-9(13)7-3-5-8(11)6-4-7/h3-6H,1-2H3. The SMILES string of the molecule is CSC(=NC(=O)c1ccc(Br)cc1)SC. The molecule has 0 spiro atoms. The predicted molar refractivity (Wildman–Crippen MR) is 72.9 cm³/mol. The van der Waals surface area contributed by atoms with Crippen LogP contribution in [0.3, 0.4) is 0 Å². The smallest absolute Gasteiger partial charge is 0.267 e. The molecule has 0 saturated heterocycles. The van der Waals surface area contributed by atoms with Crippen LogP contribution in [0.5, 0.6) is 0 Å². The molecule has 1 rings (SSSR count). The maximum Gasteiger partial charge on any atom is 0.278 e. The Labute approximate surface area is 106 Å². The van der Waals surface area contributed by atoms with Gasteiger partial charge in [-0.2, -0.15) is 4.99 Å². The molecular weight excluding hydrogens is 294 g/mol. The van der Waals surface area contributed by atoms with Gasteiger partial charge in [-0.05, 0) is 36.8 Å². The average molecular weight is 304 g/mol. The number of hydrogen-bond acceptors (Lipinski definition) is 3. The lowest BCUT2D eigenvalue weighted by Gasteiger charge is -1.98. The van der Waals surface area contributed by atoms with Crippen molar-refractivity contribution in [2.45, 2.75) is 0 Å². The quantitative estimate of drug-likeness (QED) is 0.585. The summed E-state index contributed by atoms with van der Waals surface area (Å²) in [5.41, 5.74) is 0.610. The lowest BCUT2D eigenvalue weighted by Crippen LogP contribution is -1.97. The zero-order valence-corrected chi connectivity index (χ0v) is 11.6. The Hall–Kier alpha value is -0.260. The Balaban J connectivity index is 2.85. The van der Waals surface area contributed by atoms with Gasteiger partial charge in [0.15, 0.2) is 0 Å². The van der Waals surface area contributed by atoms with Crippen molar-refractivity contribution in [3.8, 4) is 0 Å². The van der Waals surface area contributed by atoms with E-state index < -0.39 is 0 Å². The number of benzene rings is 1. The highest BCUT2D eigenvalue weighted by atomic mass is 79.9. The highest BCUT2D eigenvalue weighted by molar-refractivity contribution is 9.10. The summed E-state index contributed by atoms with van der Waals surface area (Å²) < 4.78 is 1.74. The lowest BCUT2D eigenvalue weighted by molar-refractivity contribution is 0.100. The van der Waals surface area contributed by atoms with E-state index in [9.17, 15) is 4.79 Å². The zero-order valence-electron chi connectivity index (χ0n) is 8.36. The van der Waals surface area contributed by atoms with Crippen LogP contribution in [0.4, 0.5) is 0 Å². The minimum absolute atomic E-state index is 0.193. The van der Waals surface area contributed by atoms with Gasteiger partial charge in [0.25, 0.3) is 5.91 Å². The van der Waals surface area contributed by atoms with Crippen molar-refractivity contribution in [2.24, 2.45) is 4.99 Å². The summed E-state index contributed by atoms with van der Waals surface area (Å²) in [6.45, 7) is 0. The molecule has 0 aliphatic heterocycles. The van der Waals surface area contributed by atoms with Crippen LogP contribution >= 0.6 is 39.5 Å². The van der Waals surface area contributed by atoms with Crippen LogP contribution in [0.2, 0.25) is 0 Å². The second-order valence-corrected chi connectivity index (χ2v) is 5.36. The molecule has 0 aliphatic rings. The molecule has 1 aromatic carbocycles. The van der Waals surface area contributed by atoms with Crippen LogP contribution in [0, 0.1) is 0 Å². The number of carbonyl (C=O) groups is 1. The number of thioether (sulfide) groups is 2. The van der Waals surface area contributed by atoms with Crippen LogP contribution in [-0.2, 0) is 0 Å². The van der Waals surface area contributed by atoms with Crippen molar-refractivity contribution in [3.05, 3.63) is 34.3 Å². The second-order valence-electron chi connectivity index (χ2n) is 2.60. The molecule has 0 aromatic heterocycles. The van der Waals surface area contributed by atoms with Crippen LogP contribution in [0.15, 0.2) is 33.7 Å². The number of nitrogens with zero attached hydrogens (tertiary/aromatic N) is 1. The van der Waals surface area contributed by atoms with Crippen LogP contribution in [0.1, 0.15) is 10.4 Å². The molecule has 0 fully saturated rings. The van der Waals surface area contributed by atoms with Gasteiger partial charge < -0.3 is 0 Å². The molecule has 0 N–H and O–H groups in total. The molecule has 0 heterocycles. The molecule has 1 amide bonds. The van der Waals surface area contributed by atoms with Crippen molar-refractivity contribution in [3.63, 3.8) is 0 Å². The van der Waals surface area contributed by atoms with Crippen molar-refractivity contribution in [1.82, 2.24) is 0 Å². The summed E-state index contributed by atoms with van der Waals surface area (Å²) in [6.07, 6.45) is 3.81. The van der Waals surface area contributed by atoms with Gasteiger partial charge in [-0.25, -0.2) is 0 Å². The van der Waals surface area contributed by atoms with Crippen LogP contribution < -0.4 is 0 Å². The number of aliphatic imine (C=N–C) groups is 1. The maximum atomic E-state index is 11.7. The molecule has 2 nitrogen and oxygen atoms in total. The molecule has 0 saturated carbocycles. The first-order valence-corrected chi connectivity index (χ1v) is 7.38. The van der Waals surface area contributed by atoms with E-state index in [1.165, 1.54) is 23.5 Å². The Morgan fingerprint density at radius 1 is 1.20 bits per heavy atom. The normalized spacial score (nSPS) is 9.80. The maximum absolute atomic E-state index is 11.7. The van der Waals surface area contributed by atoms with E-state index in [1.807, 2.05) is 24.6 Å². The van der Waals surface area contributed by atoms with E-state index in [0.717, 1.165) is 8.85 Å². The summed E-state index contributed by atoms with van der Waals surface area (Å²) in [5.74, 6) is -0.193. The van der Waals surface area contributed by atoms with Gasteiger partial charge >= 0.3 is 0 Å². The minimum Gasteiger partial charge on any atom is -0.267 e. The molecule has 0 aliphatic carbocycles. The molecule has 0 atom stereocenters. The van der Waals surface area contributed by atoms with Gasteiger partial charge in [-0.15, -0.1) is 23.5 Å². The summed E-state index contributed by atoms with van der Waals surface area (Å²) in [5, 5.41) is 0. The first-order chi connectivity index (χ1) is 7.17. The summed E-state index contributed by atoms with van der Waals surface area (Å²) in [6, 6.07) is 7.18. The van der Waals surface area contributed by atoms with E-state index in [0.29, 0.717) is 5.56 Å². The zero-order chi connectivity index (χ0) is 11.3. The van der Waals surface area contributed by atoms with Gasteiger partial charge in [-0.3, -0.25) is 4.79 Å². The van der Waals surface area contributed by atoms with Gasteiger partial charge in [-0.1, -0.05) is 15.9 Å². The second kappa shape index (κ2) is 6.35. The van der Waals surface area contributed by atoms with E-state index >= 15 is 0 Å². The van der Waals surface area contributed by atoms with Crippen molar-refractivity contribution in [2.75, 3.05) is 12.5 Å². The van der Waals surface area contributed by atoms with Gasteiger partial charge in [0, 0.05) is 10.0 Å². The Morgan fingerprint density at radius 3 is 2.20 bits per heavy atom. The first kappa shape index (κ1) is 12.8. The fourth-order valence-electron chi connectivity index (χ4n) is 0.915. The largest absolute Gasteiger partial charge is 0.278 e. The van der Waals surface area contributed by atoms with Gasteiger partial charge in [0.2, 0.25) is 0 Å². The molecule has 80 valence electrons. The molecule has 1 aromatic rings. The third kappa shape index (κ3) is 4.01. The third-order valence-electron chi connectivity index (χ3n) is 1.63. The van der Waals surface area contributed by atoms with E-state index in [2.05, 4.69) is 20.9 Å². The number of amides is 1. The molecular formula is C10H10BrNOS2. The van der Waals surface area contributed by atoms with Crippen molar-refractivity contribution >= 4 is 49.7 Å². The van der Waals surface area contributed by atoms with Crippen LogP contribution in [0.25, 0.3) is 0 Å². The first-order valence-electron chi connectivity index (χ1n) is 4.14. The highest BCUT2D eigenvalue weighted by Crippen LogP contribution is 2.15. The molecule has 15 heavy (non-hydrogen) atoms. The summed E-state index contributed by atoms with van der Waals surface area (Å²) >= 11 is 6.28. The predicted octanol–water partition coefficient (Wildman–Crippen LogP) is 3.67. The lowest BCUT2D eigenvalue weighted by atomic mass is 10.2. The number of carbonyl (C=O) groups excluding carboxylic acids is 1. The summed E-state index contributed by atoms with van der Waals surface area (Å²) in [4.78, 5) is 15.7. The van der Waals surface area contributed by atoms with E-state index in [-0.39, 0.29) is 5.91 Å². The van der Waals surface area contributed by atoms with Crippen molar-refractivity contribution in [1.29, 1.82) is 0 Å². The third-order valence-corrected chi connectivity index (χ3v) is 4.04. The molecule has 5 heteroatoms. The Bertz CT molecular complexity index is 370. The van der Waals surface area contributed by atoms with Crippen molar-refractivity contribution < 1.29 is 4.79 Å². The fraction of sp³-hybridized carbons (Fsp3) is 0.200. The number of hydrogen-bond donors (Lipinski definition) is 0. The fourth-order valence-corrected chi connectivity index (χ4v) is 2.19. The topological polar surface area (TPSA) is 29.4 Å². The summed E-state index contributed by atoms with van der Waals surface area (Å²) in [7, 11) is 0. The highest BCUT2D eigenvalue weighted by Gasteiger charge is 2.05. The molecule has 0 radical (unpaired) electrons. The van der Waals surface area contributed by atoms with Crippen LogP contribution in [-0.4, -0.2) is 22.8 Å². The monoisotopic (exact) mass is 303 g/mol. The van der Waals surface area contributed by atoms with E-state index in [1.54, 1.807) is 12.1 Å². The Kier molecular flexibility index (Phi) is 5.42.